The third-order valence-electron chi connectivity index (χ3n) is 1.24. The van der Waals surface area contributed by atoms with Gasteiger partial charge in [0, 0.05) is 5.92 Å². The average molecular weight is 157 g/mol. The number of aryl methyl sites for hydroxylation is 1. The molecule has 0 spiro atoms. The largest absolute Gasteiger partial charge is 0.384 e. The van der Waals surface area contributed by atoms with E-state index in [2.05, 4.69) is 16.8 Å². The van der Waals surface area contributed by atoms with E-state index in [1.54, 1.807) is 18.2 Å². The lowest BCUT2D eigenvalue weighted by Crippen LogP contribution is -1.93. The van der Waals surface area contributed by atoms with Crippen LogP contribution in [0.2, 0.25) is 0 Å². The molecule has 0 amide bonds. The van der Waals surface area contributed by atoms with Gasteiger partial charge in [0.15, 0.2) is 6.07 Å². The average Bonchev–Trinajstić information content (AvgIpc) is 1.99. The summed E-state index contributed by atoms with van der Waals surface area (Å²) in [7, 11) is 0. The second-order valence-corrected chi connectivity index (χ2v) is 2.32. The highest BCUT2D eigenvalue weighted by Crippen LogP contribution is 2.04. The number of nitriles is 1. The molecular formula is C9H7N3. The molecule has 0 aliphatic heterocycles. The Hall–Kier alpha value is -2.00. The summed E-state index contributed by atoms with van der Waals surface area (Å²) < 4.78 is 0. The Morgan fingerprint density at radius 2 is 2.25 bits per heavy atom. The normalized spacial score (nSPS) is 8.00. The van der Waals surface area contributed by atoms with Crippen LogP contribution in [-0.4, -0.2) is 4.98 Å². The van der Waals surface area contributed by atoms with Crippen LogP contribution < -0.4 is 5.73 Å². The second-order valence-electron chi connectivity index (χ2n) is 2.32. The third-order valence-corrected chi connectivity index (χ3v) is 1.24. The molecule has 3 nitrogen and oxygen atoms in total. The number of anilines is 1. The van der Waals surface area contributed by atoms with Crippen molar-refractivity contribution >= 4 is 5.82 Å². The summed E-state index contributed by atoms with van der Waals surface area (Å²) >= 11 is 0. The first kappa shape index (κ1) is 8.10. The predicted molar refractivity (Wildman–Crippen MR) is 45.9 cm³/mol. The fraction of sp³-hybridized carbons (Fsp3) is 0.111. The number of rotatable bonds is 0. The minimum Gasteiger partial charge on any atom is -0.384 e. The molecule has 1 heterocycles. The summed E-state index contributed by atoms with van der Waals surface area (Å²) in [4.78, 5) is 3.92. The lowest BCUT2D eigenvalue weighted by atomic mass is 10.2. The highest BCUT2D eigenvalue weighted by Gasteiger charge is 1.92. The second kappa shape index (κ2) is 3.41. The van der Waals surface area contributed by atoms with Crippen LogP contribution in [0.5, 0.6) is 0 Å². The summed E-state index contributed by atoms with van der Waals surface area (Å²) in [5.41, 5.74) is 7.00. The highest BCUT2D eigenvalue weighted by molar-refractivity contribution is 5.41. The van der Waals surface area contributed by atoms with E-state index in [-0.39, 0.29) is 0 Å². The topological polar surface area (TPSA) is 62.7 Å². The van der Waals surface area contributed by atoms with Crippen molar-refractivity contribution in [2.75, 3.05) is 5.73 Å². The third kappa shape index (κ3) is 2.00. The zero-order chi connectivity index (χ0) is 8.97. The van der Waals surface area contributed by atoms with Crippen molar-refractivity contribution in [3.63, 3.8) is 0 Å². The summed E-state index contributed by atoms with van der Waals surface area (Å²) in [5.74, 6) is 5.26. The molecule has 0 saturated heterocycles. The van der Waals surface area contributed by atoms with E-state index in [9.17, 15) is 0 Å². The number of hydrogen-bond acceptors (Lipinski definition) is 3. The number of nitrogens with zero attached hydrogens (tertiary/aromatic N) is 2. The van der Waals surface area contributed by atoms with Crippen molar-refractivity contribution in [1.82, 2.24) is 4.98 Å². The van der Waals surface area contributed by atoms with Crippen LogP contribution >= 0.6 is 0 Å². The number of nitrogens with two attached hydrogens (primary N) is 1. The molecule has 0 radical (unpaired) electrons. The molecule has 0 atom stereocenters. The Morgan fingerprint density at radius 3 is 2.83 bits per heavy atom. The lowest BCUT2D eigenvalue weighted by molar-refractivity contribution is 1.26. The van der Waals surface area contributed by atoms with Gasteiger partial charge in [-0.2, -0.15) is 5.26 Å². The number of hydrogen-bond donors (Lipinski definition) is 1. The zero-order valence-electron chi connectivity index (χ0n) is 6.63. The maximum atomic E-state index is 8.18. The highest BCUT2D eigenvalue weighted by atomic mass is 14.8. The fourth-order valence-electron chi connectivity index (χ4n) is 0.850. The maximum absolute atomic E-state index is 8.18. The van der Waals surface area contributed by atoms with E-state index in [0.29, 0.717) is 11.5 Å². The first-order valence-corrected chi connectivity index (χ1v) is 3.36. The van der Waals surface area contributed by atoms with E-state index in [1.807, 2.05) is 6.92 Å². The van der Waals surface area contributed by atoms with E-state index in [4.69, 9.17) is 11.0 Å². The van der Waals surface area contributed by atoms with Gasteiger partial charge >= 0.3 is 0 Å². The monoisotopic (exact) mass is 157 g/mol. The minimum absolute atomic E-state index is 0.428. The van der Waals surface area contributed by atoms with Gasteiger partial charge in [-0.25, -0.2) is 4.98 Å². The van der Waals surface area contributed by atoms with Crippen LogP contribution in [0, 0.1) is 30.1 Å². The van der Waals surface area contributed by atoms with Gasteiger partial charge in [-0.1, -0.05) is 0 Å². The van der Waals surface area contributed by atoms with Gasteiger partial charge in [0.1, 0.15) is 11.5 Å². The first-order valence-electron chi connectivity index (χ1n) is 3.36. The Morgan fingerprint density at radius 1 is 1.50 bits per heavy atom. The molecular weight excluding hydrogens is 150 g/mol. The molecule has 0 aromatic carbocycles. The molecule has 0 aliphatic rings. The molecule has 12 heavy (non-hydrogen) atoms. The van der Waals surface area contributed by atoms with Crippen molar-refractivity contribution in [2.45, 2.75) is 6.92 Å². The van der Waals surface area contributed by atoms with Gasteiger partial charge in [-0.05, 0) is 30.5 Å². The first-order chi connectivity index (χ1) is 5.72. The van der Waals surface area contributed by atoms with Crippen molar-refractivity contribution in [3.05, 3.63) is 23.4 Å². The lowest BCUT2D eigenvalue weighted by Gasteiger charge is -1.95. The molecule has 0 bridgehead atoms. The fourth-order valence-corrected chi connectivity index (χ4v) is 0.850. The summed E-state index contributed by atoms with van der Waals surface area (Å²) in [6.45, 7) is 1.90. The number of nitrogen functional groups attached to an aromatic ring is 1. The van der Waals surface area contributed by atoms with Gasteiger partial charge in [0.25, 0.3) is 0 Å². The Bertz CT molecular complexity index is 370. The van der Waals surface area contributed by atoms with Crippen LogP contribution in [0.1, 0.15) is 11.3 Å². The van der Waals surface area contributed by atoms with Gasteiger partial charge in [-0.15, -0.1) is 0 Å². The molecule has 0 fully saturated rings. The zero-order valence-corrected chi connectivity index (χ0v) is 6.63. The van der Waals surface area contributed by atoms with E-state index < -0.39 is 0 Å². The van der Waals surface area contributed by atoms with Crippen LogP contribution in [0.4, 0.5) is 5.82 Å². The molecule has 3 heteroatoms. The van der Waals surface area contributed by atoms with Crippen molar-refractivity contribution in [3.8, 4) is 17.9 Å². The molecule has 1 aromatic heterocycles. The molecule has 58 valence electrons. The Balaban J connectivity index is 3.11. The molecule has 0 aliphatic carbocycles. The molecule has 2 N–H and O–H groups in total. The van der Waals surface area contributed by atoms with Gasteiger partial charge in [-0.3, -0.25) is 0 Å². The van der Waals surface area contributed by atoms with E-state index >= 15 is 0 Å². The van der Waals surface area contributed by atoms with Gasteiger partial charge in [0.05, 0.1) is 0 Å². The van der Waals surface area contributed by atoms with Gasteiger partial charge in [0.2, 0.25) is 0 Å². The van der Waals surface area contributed by atoms with Crippen LogP contribution in [0.15, 0.2) is 12.1 Å². The molecule has 0 saturated carbocycles. The Kier molecular flexibility index (Phi) is 2.30. The summed E-state index contributed by atoms with van der Waals surface area (Å²) in [5, 5.41) is 8.18. The quantitative estimate of drug-likeness (QED) is 0.568. The van der Waals surface area contributed by atoms with Crippen molar-refractivity contribution in [2.24, 2.45) is 0 Å². The van der Waals surface area contributed by atoms with Crippen LogP contribution in [0.25, 0.3) is 0 Å². The van der Waals surface area contributed by atoms with Gasteiger partial charge < -0.3 is 5.73 Å². The number of pyridine rings is 1. The van der Waals surface area contributed by atoms with Crippen molar-refractivity contribution < 1.29 is 0 Å². The SMILES string of the molecule is Cc1cc(N)nc(C#CC#N)c1. The molecule has 0 unspecified atom stereocenters. The number of aromatic nitrogens is 1. The van der Waals surface area contributed by atoms with Crippen LogP contribution in [-0.2, 0) is 0 Å². The molecule has 1 aromatic rings. The van der Waals surface area contributed by atoms with Crippen LogP contribution in [0.3, 0.4) is 0 Å². The summed E-state index contributed by atoms with van der Waals surface area (Å²) in [6.07, 6.45) is 0. The Labute approximate surface area is 70.8 Å². The molecule has 1 rings (SSSR count). The standard InChI is InChI=1S/C9H7N3/c1-7-5-8(3-2-4-10)12-9(11)6-7/h5-6H,1H3,(H2,11,12). The summed E-state index contributed by atoms with van der Waals surface area (Å²) in [6, 6.07) is 5.24. The van der Waals surface area contributed by atoms with Crippen molar-refractivity contribution in [1.29, 1.82) is 5.26 Å². The van der Waals surface area contributed by atoms with E-state index in [1.165, 1.54) is 0 Å². The van der Waals surface area contributed by atoms with E-state index in [0.717, 1.165) is 5.56 Å². The minimum atomic E-state index is 0.428. The predicted octanol–water partition coefficient (Wildman–Crippen LogP) is 0.847. The maximum Gasteiger partial charge on any atom is 0.152 e. The smallest absolute Gasteiger partial charge is 0.152 e.